The molecule has 1 aromatic heterocycles. The van der Waals surface area contributed by atoms with Crippen molar-refractivity contribution in [1.82, 2.24) is 4.31 Å². The molecule has 1 saturated heterocycles. The van der Waals surface area contributed by atoms with Crippen LogP contribution in [0, 0.1) is 5.92 Å². The van der Waals surface area contributed by atoms with Crippen LogP contribution in [-0.2, 0) is 16.6 Å². The van der Waals surface area contributed by atoms with E-state index in [2.05, 4.69) is 6.92 Å². The van der Waals surface area contributed by atoms with E-state index in [-0.39, 0.29) is 11.6 Å². The van der Waals surface area contributed by atoms with E-state index >= 15 is 0 Å². The predicted molar refractivity (Wildman–Crippen MR) is 68.4 cm³/mol. The zero-order valence-electron chi connectivity index (χ0n) is 10.6. The van der Waals surface area contributed by atoms with E-state index in [0.717, 1.165) is 19.3 Å². The molecule has 18 heavy (non-hydrogen) atoms. The molecule has 0 saturated carbocycles. The molecule has 1 unspecified atom stereocenters. The maximum absolute atomic E-state index is 12.4. The van der Waals surface area contributed by atoms with E-state index in [4.69, 9.17) is 10.2 Å². The van der Waals surface area contributed by atoms with Crippen LogP contribution in [0.2, 0.25) is 0 Å². The van der Waals surface area contributed by atoms with Gasteiger partial charge in [-0.05, 0) is 37.3 Å². The first-order valence-corrected chi connectivity index (χ1v) is 7.77. The van der Waals surface area contributed by atoms with Crippen molar-refractivity contribution in [1.29, 1.82) is 0 Å². The Bertz CT molecular complexity index is 495. The minimum absolute atomic E-state index is 0.0116. The van der Waals surface area contributed by atoms with Crippen LogP contribution in [0.1, 0.15) is 31.9 Å². The normalized spacial score (nSPS) is 22.9. The summed E-state index contributed by atoms with van der Waals surface area (Å²) in [6.45, 7) is 3.52. The molecular formula is C12H20N2O3S. The quantitative estimate of drug-likeness (QED) is 0.905. The Kier molecular flexibility index (Phi) is 4.09. The highest BCUT2D eigenvalue weighted by Gasteiger charge is 2.29. The summed E-state index contributed by atoms with van der Waals surface area (Å²) < 4.78 is 31.5. The van der Waals surface area contributed by atoms with Gasteiger partial charge in [-0.2, -0.15) is 4.31 Å². The molecule has 1 aliphatic rings. The van der Waals surface area contributed by atoms with Crippen LogP contribution in [0.3, 0.4) is 0 Å². The molecule has 2 rings (SSSR count). The minimum atomic E-state index is -3.49. The summed E-state index contributed by atoms with van der Waals surface area (Å²) >= 11 is 0. The topological polar surface area (TPSA) is 76.5 Å². The standard InChI is InChI=1S/C12H20N2O3S/c1-10-3-2-7-14(8-6-10)18(15,16)12-5-4-11(9-13)17-12/h4-5,10H,2-3,6-9,13H2,1H3. The van der Waals surface area contributed by atoms with Gasteiger partial charge < -0.3 is 10.2 Å². The highest BCUT2D eigenvalue weighted by Crippen LogP contribution is 2.24. The maximum atomic E-state index is 12.4. The van der Waals surface area contributed by atoms with Crippen LogP contribution in [0.25, 0.3) is 0 Å². The van der Waals surface area contributed by atoms with Crippen LogP contribution in [0.5, 0.6) is 0 Å². The summed E-state index contributed by atoms with van der Waals surface area (Å²) in [4.78, 5) is 0. The molecule has 2 N–H and O–H groups in total. The zero-order valence-corrected chi connectivity index (χ0v) is 11.4. The van der Waals surface area contributed by atoms with Crippen LogP contribution < -0.4 is 5.73 Å². The lowest BCUT2D eigenvalue weighted by Crippen LogP contribution is -2.31. The number of nitrogens with zero attached hydrogens (tertiary/aromatic N) is 1. The third kappa shape index (κ3) is 2.76. The molecule has 0 aromatic carbocycles. The van der Waals surface area contributed by atoms with Gasteiger partial charge in [0.1, 0.15) is 5.76 Å². The summed E-state index contributed by atoms with van der Waals surface area (Å²) in [5.41, 5.74) is 5.43. The smallest absolute Gasteiger partial charge is 0.276 e. The molecule has 1 atom stereocenters. The Morgan fingerprint density at radius 3 is 2.83 bits per heavy atom. The number of furan rings is 1. The van der Waals surface area contributed by atoms with Gasteiger partial charge in [-0.25, -0.2) is 8.42 Å². The summed E-state index contributed by atoms with van der Waals surface area (Å²) in [5.74, 6) is 1.08. The van der Waals surface area contributed by atoms with Crippen molar-refractivity contribution in [3.05, 3.63) is 17.9 Å². The third-order valence-electron chi connectivity index (χ3n) is 3.41. The Morgan fingerprint density at radius 1 is 1.39 bits per heavy atom. The van der Waals surface area contributed by atoms with Crippen molar-refractivity contribution in [2.24, 2.45) is 11.7 Å². The summed E-state index contributed by atoms with van der Waals surface area (Å²) in [7, 11) is -3.49. The third-order valence-corrected chi connectivity index (χ3v) is 5.18. The summed E-state index contributed by atoms with van der Waals surface area (Å²) in [6.07, 6.45) is 2.90. The van der Waals surface area contributed by atoms with Crippen molar-refractivity contribution < 1.29 is 12.8 Å². The van der Waals surface area contributed by atoms with Gasteiger partial charge in [-0.15, -0.1) is 0 Å². The number of hydrogen-bond donors (Lipinski definition) is 1. The minimum Gasteiger partial charge on any atom is -0.447 e. The van der Waals surface area contributed by atoms with Gasteiger partial charge in [0.2, 0.25) is 5.09 Å². The molecule has 6 heteroatoms. The van der Waals surface area contributed by atoms with E-state index in [1.54, 1.807) is 6.07 Å². The van der Waals surface area contributed by atoms with E-state index in [1.807, 2.05) is 0 Å². The van der Waals surface area contributed by atoms with Crippen LogP contribution >= 0.6 is 0 Å². The van der Waals surface area contributed by atoms with Crippen molar-refractivity contribution in [2.45, 2.75) is 37.8 Å². The molecule has 0 aliphatic carbocycles. The monoisotopic (exact) mass is 272 g/mol. The first-order chi connectivity index (χ1) is 8.54. The first-order valence-electron chi connectivity index (χ1n) is 6.33. The Labute approximate surface area is 108 Å². The van der Waals surface area contributed by atoms with Crippen LogP contribution in [0.4, 0.5) is 0 Å². The molecular weight excluding hydrogens is 252 g/mol. The maximum Gasteiger partial charge on any atom is 0.276 e. The molecule has 0 radical (unpaired) electrons. The second kappa shape index (κ2) is 5.42. The number of nitrogens with two attached hydrogens (primary N) is 1. The molecule has 1 aromatic rings. The largest absolute Gasteiger partial charge is 0.447 e. The van der Waals surface area contributed by atoms with Gasteiger partial charge in [0.15, 0.2) is 0 Å². The lowest BCUT2D eigenvalue weighted by Gasteiger charge is -2.18. The van der Waals surface area contributed by atoms with E-state index < -0.39 is 10.0 Å². The van der Waals surface area contributed by atoms with E-state index in [1.165, 1.54) is 10.4 Å². The SMILES string of the molecule is CC1CCCN(S(=O)(=O)c2ccc(CN)o2)CC1. The summed E-state index contributed by atoms with van der Waals surface area (Å²) in [5, 5.41) is 0.0116. The Hall–Kier alpha value is -0.850. The van der Waals surface area contributed by atoms with Crippen LogP contribution in [-0.4, -0.2) is 25.8 Å². The van der Waals surface area contributed by atoms with Gasteiger partial charge in [0.25, 0.3) is 10.0 Å². The number of rotatable bonds is 3. The average molecular weight is 272 g/mol. The van der Waals surface area contributed by atoms with Crippen LogP contribution in [0.15, 0.2) is 21.6 Å². The molecule has 0 amide bonds. The second-order valence-electron chi connectivity index (χ2n) is 4.87. The number of hydrogen-bond acceptors (Lipinski definition) is 4. The lowest BCUT2D eigenvalue weighted by atomic mass is 10.0. The van der Waals surface area contributed by atoms with Gasteiger partial charge in [0.05, 0.1) is 6.54 Å². The fourth-order valence-corrected chi connectivity index (χ4v) is 3.63. The van der Waals surface area contributed by atoms with Gasteiger partial charge in [-0.1, -0.05) is 6.92 Å². The molecule has 102 valence electrons. The van der Waals surface area contributed by atoms with Crippen molar-refractivity contribution >= 4 is 10.0 Å². The van der Waals surface area contributed by atoms with Crippen molar-refractivity contribution in [2.75, 3.05) is 13.1 Å². The number of sulfonamides is 1. The molecule has 0 spiro atoms. The zero-order chi connectivity index (χ0) is 13.2. The van der Waals surface area contributed by atoms with Gasteiger partial charge >= 0.3 is 0 Å². The predicted octanol–water partition coefficient (Wildman–Crippen LogP) is 1.55. The lowest BCUT2D eigenvalue weighted by molar-refractivity contribution is 0.370. The summed E-state index contributed by atoms with van der Waals surface area (Å²) in [6, 6.07) is 3.11. The molecule has 0 bridgehead atoms. The fraction of sp³-hybridized carbons (Fsp3) is 0.667. The van der Waals surface area contributed by atoms with Crippen molar-refractivity contribution in [3.8, 4) is 0 Å². The Balaban J connectivity index is 2.19. The highest BCUT2D eigenvalue weighted by atomic mass is 32.2. The molecule has 2 heterocycles. The molecule has 1 aliphatic heterocycles. The van der Waals surface area contributed by atoms with Gasteiger partial charge in [0, 0.05) is 13.1 Å². The molecule has 1 fully saturated rings. The van der Waals surface area contributed by atoms with Gasteiger partial charge in [-0.3, -0.25) is 0 Å². The van der Waals surface area contributed by atoms with Crippen molar-refractivity contribution in [3.63, 3.8) is 0 Å². The second-order valence-corrected chi connectivity index (χ2v) is 6.73. The average Bonchev–Trinajstić information content (AvgIpc) is 2.72. The fourth-order valence-electron chi connectivity index (χ4n) is 2.21. The Morgan fingerprint density at radius 2 is 2.17 bits per heavy atom. The first kappa shape index (κ1) is 13.6. The van der Waals surface area contributed by atoms with E-state index in [9.17, 15) is 8.42 Å². The highest BCUT2D eigenvalue weighted by molar-refractivity contribution is 7.89. The molecule has 5 nitrogen and oxygen atoms in total. The van der Waals surface area contributed by atoms with E-state index in [0.29, 0.717) is 24.8 Å².